The Kier molecular flexibility index (Phi) is 5.27. The van der Waals surface area contributed by atoms with Crippen LogP contribution < -0.4 is 15.8 Å². The Bertz CT molecular complexity index is 930. The highest BCUT2D eigenvalue weighted by Crippen LogP contribution is 2.31. The molecule has 0 bridgehead atoms. The molecule has 7 heteroatoms. The van der Waals surface area contributed by atoms with E-state index in [1.807, 2.05) is 49.6 Å². The van der Waals surface area contributed by atoms with E-state index in [9.17, 15) is 4.79 Å². The molecule has 1 aromatic carbocycles. The van der Waals surface area contributed by atoms with Crippen LogP contribution in [0.15, 0.2) is 35.7 Å². The molecule has 0 saturated heterocycles. The Morgan fingerprint density at radius 1 is 1.38 bits per heavy atom. The van der Waals surface area contributed by atoms with Gasteiger partial charge >= 0.3 is 0 Å². The fourth-order valence-electron chi connectivity index (χ4n) is 2.94. The number of aromatic nitrogens is 2. The maximum Gasteiger partial charge on any atom is 0.250 e. The molecule has 136 valence electrons. The predicted octanol–water partition coefficient (Wildman–Crippen LogP) is 3.51. The van der Waals surface area contributed by atoms with Crippen molar-refractivity contribution >= 4 is 22.4 Å². The van der Waals surface area contributed by atoms with Crippen LogP contribution in [0.4, 0.5) is 5.13 Å². The van der Waals surface area contributed by atoms with E-state index in [1.165, 1.54) is 11.3 Å². The van der Waals surface area contributed by atoms with Crippen molar-refractivity contribution in [2.24, 2.45) is 5.73 Å². The number of hydrogen-bond acceptors (Lipinski definition) is 5. The standard InChI is InChI=1S/C19H22N4O2S/c1-4-21-19-22-15(11-26-19)16-9-14(18(20)24)12(2)23(16)10-13-7-5-6-8-17(13)25-3/h5-9,11H,4,10H2,1-3H3,(H2,20,24)(H,21,22). The van der Waals surface area contributed by atoms with Crippen molar-refractivity contribution in [2.75, 3.05) is 19.0 Å². The van der Waals surface area contributed by atoms with Crippen LogP contribution in [-0.2, 0) is 6.54 Å². The summed E-state index contributed by atoms with van der Waals surface area (Å²) >= 11 is 1.54. The minimum atomic E-state index is -0.440. The van der Waals surface area contributed by atoms with Crippen molar-refractivity contribution in [1.82, 2.24) is 9.55 Å². The molecular formula is C19H22N4O2S. The van der Waals surface area contributed by atoms with Crippen LogP contribution in [0.2, 0.25) is 0 Å². The third-order valence-corrected chi connectivity index (χ3v) is 5.05. The van der Waals surface area contributed by atoms with Gasteiger partial charge in [0.05, 0.1) is 30.6 Å². The highest BCUT2D eigenvalue weighted by Gasteiger charge is 2.19. The first kappa shape index (κ1) is 18.0. The molecule has 0 unspecified atom stereocenters. The fourth-order valence-corrected chi connectivity index (χ4v) is 3.71. The number of ether oxygens (including phenoxy) is 1. The summed E-state index contributed by atoms with van der Waals surface area (Å²) in [5.74, 6) is 0.364. The predicted molar refractivity (Wildman–Crippen MR) is 105 cm³/mol. The van der Waals surface area contributed by atoms with Crippen molar-refractivity contribution in [1.29, 1.82) is 0 Å². The van der Waals surface area contributed by atoms with Crippen LogP contribution in [0.3, 0.4) is 0 Å². The zero-order valence-electron chi connectivity index (χ0n) is 15.1. The molecule has 1 amide bonds. The van der Waals surface area contributed by atoms with Gasteiger partial charge < -0.3 is 20.4 Å². The lowest BCUT2D eigenvalue weighted by atomic mass is 10.2. The molecule has 2 heterocycles. The number of amides is 1. The van der Waals surface area contributed by atoms with Crippen LogP contribution in [0.5, 0.6) is 5.75 Å². The Morgan fingerprint density at radius 2 is 2.15 bits per heavy atom. The van der Waals surface area contributed by atoms with Gasteiger partial charge in [-0.25, -0.2) is 4.98 Å². The Balaban J connectivity index is 2.08. The number of anilines is 1. The number of carbonyl (C=O) groups excluding carboxylic acids is 1. The van der Waals surface area contributed by atoms with Gasteiger partial charge in [0.15, 0.2) is 5.13 Å². The first-order valence-electron chi connectivity index (χ1n) is 8.36. The molecule has 0 aliphatic carbocycles. The van der Waals surface area contributed by atoms with Crippen molar-refractivity contribution in [3.05, 3.63) is 52.5 Å². The van der Waals surface area contributed by atoms with Gasteiger partial charge in [-0.2, -0.15) is 0 Å². The number of primary amides is 1. The topological polar surface area (TPSA) is 82.2 Å². The average molecular weight is 370 g/mol. The molecule has 0 aliphatic rings. The number of benzene rings is 1. The number of nitrogens with zero attached hydrogens (tertiary/aromatic N) is 2. The van der Waals surface area contributed by atoms with E-state index in [0.717, 1.165) is 40.1 Å². The van der Waals surface area contributed by atoms with Gasteiger partial charge in [-0.1, -0.05) is 18.2 Å². The minimum Gasteiger partial charge on any atom is -0.496 e. The second-order valence-electron chi connectivity index (χ2n) is 5.86. The summed E-state index contributed by atoms with van der Waals surface area (Å²) in [5, 5.41) is 6.05. The lowest BCUT2D eigenvalue weighted by Gasteiger charge is -2.13. The lowest BCUT2D eigenvalue weighted by Crippen LogP contribution is -2.13. The van der Waals surface area contributed by atoms with Gasteiger partial charge in [-0.15, -0.1) is 11.3 Å². The number of carbonyl (C=O) groups is 1. The van der Waals surface area contributed by atoms with Crippen molar-refractivity contribution in [3.63, 3.8) is 0 Å². The summed E-state index contributed by atoms with van der Waals surface area (Å²) < 4.78 is 7.52. The molecule has 0 radical (unpaired) electrons. The van der Waals surface area contributed by atoms with E-state index in [2.05, 4.69) is 14.9 Å². The molecule has 0 fully saturated rings. The molecular weight excluding hydrogens is 348 g/mol. The summed E-state index contributed by atoms with van der Waals surface area (Å²) in [7, 11) is 1.65. The monoisotopic (exact) mass is 370 g/mol. The van der Waals surface area contributed by atoms with Gasteiger partial charge in [-0.05, 0) is 26.0 Å². The van der Waals surface area contributed by atoms with Gasteiger partial charge in [-0.3, -0.25) is 4.79 Å². The molecule has 3 aromatic rings. The third kappa shape index (κ3) is 3.43. The van der Waals surface area contributed by atoms with E-state index < -0.39 is 5.91 Å². The molecule has 2 aromatic heterocycles. The summed E-state index contributed by atoms with van der Waals surface area (Å²) in [4.78, 5) is 16.5. The van der Waals surface area contributed by atoms with Crippen molar-refractivity contribution < 1.29 is 9.53 Å². The molecule has 0 spiro atoms. The second-order valence-corrected chi connectivity index (χ2v) is 6.72. The fraction of sp³-hybridized carbons (Fsp3) is 0.263. The highest BCUT2D eigenvalue weighted by atomic mass is 32.1. The first-order valence-corrected chi connectivity index (χ1v) is 9.24. The number of thiazole rings is 1. The molecule has 0 aliphatic heterocycles. The van der Waals surface area contributed by atoms with E-state index in [4.69, 9.17) is 10.5 Å². The first-order chi connectivity index (χ1) is 12.5. The van der Waals surface area contributed by atoms with E-state index in [0.29, 0.717) is 12.1 Å². The summed E-state index contributed by atoms with van der Waals surface area (Å²) in [6.45, 7) is 5.30. The van der Waals surface area contributed by atoms with Crippen LogP contribution >= 0.6 is 11.3 Å². The van der Waals surface area contributed by atoms with Gasteiger partial charge in [0.25, 0.3) is 5.91 Å². The number of methoxy groups -OCH3 is 1. The Labute approximate surface area is 156 Å². The largest absolute Gasteiger partial charge is 0.496 e. The molecule has 6 nitrogen and oxygen atoms in total. The molecule has 26 heavy (non-hydrogen) atoms. The summed E-state index contributed by atoms with van der Waals surface area (Å²) in [5.41, 5.74) is 9.59. The third-order valence-electron chi connectivity index (χ3n) is 4.25. The van der Waals surface area contributed by atoms with Gasteiger partial charge in [0.2, 0.25) is 0 Å². The normalized spacial score (nSPS) is 10.7. The number of nitrogens with two attached hydrogens (primary N) is 1. The number of hydrogen-bond donors (Lipinski definition) is 2. The highest BCUT2D eigenvalue weighted by molar-refractivity contribution is 7.14. The smallest absolute Gasteiger partial charge is 0.250 e. The van der Waals surface area contributed by atoms with Crippen molar-refractivity contribution in [3.8, 4) is 17.1 Å². The van der Waals surface area contributed by atoms with Crippen LogP contribution in [-0.4, -0.2) is 29.1 Å². The van der Waals surface area contributed by atoms with Crippen LogP contribution in [0.1, 0.15) is 28.5 Å². The summed E-state index contributed by atoms with van der Waals surface area (Å²) in [6, 6.07) is 9.66. The zero-order valence-corrected chi connectivity index (χ0v) is 15.9. The molecule has 0 saturated carbocycles. The maximum atomic E-state index is 11.9. The molecule has 3 rings (SSSR count). The number of rotatable bonds is 7. The summed E-state index contributed by atoms with van der Waals surface area (Å²) in [6.07, 6.45) is 0. The van der Waals surface area contributed by atoms with Gasteiger partial charge in [0, 0.05) is 23.2 Å². The number of para-hydroxylation sites is 1. The van der Waals surface area contributed by atoms with E-state index in [-0.39, 0.29) is 0 Å². The quantitative estimate of drug-likeness (QED) is 0.667. The zero-order chi connectivity index (χ0) is 18.7. The van der Waals surface area contributed by atoms with Crippen LogP contribution in [0.25, 0.3) is 11.4 Å². The average Bonchev–Trinajstić information content (AvgIpc) is 3.21. The minimum absolute atomic E-state index is 0.440. The molecule has 0 atom stereocenters. The van der Waals surface area contributed by atoms with Crippen LogP contribution in [0, 0.1) is 6.92 Å². The van der Waals surface area contributed by atoms with Gasteiger partial charge in [0.1, 0.15) is 5.75 Å². The Hall–Kier alpha value is -2.80. The number of nitrogens with one attached hydrogen (secondary N) is 1. The van der Waals surface area contributed by atoms with Crippen molar-refractivity contribution in [2.45, 2.75) is 20.4 Å². The molecule has 3 N–H and O–H groups in total. The lowest BCUT2D eigenvalue weighted by molar-refractivity contribution is 0.0999. The Morgan fingerprint density at radius 3 is 2.85 bits per heavy atom. The van der Waals surface area contributed by atoms with E-state index in [1.54, 1.807) is 7.11 Å². The SMILES string of the molecule is CCNc1nc(-c2cc(C(N)=O)c(C)n2Cc2ccccc2OC)cs1. The van der Waals surface area contributed by atoms with E-state index >= 15 is 0 Å². The second kappa shape index (κ2) is 7.61. The maximum absolute atomic E-state index is 11.9.